The Morgan fingerprint density at radius 1 is 1.00 bits per heavy atom. The Balaban J connectivity index is -0.00000000667. The van der Waals surface area contributed by atoms with Crippen LogP contribution in [0.25, 0.3) is 0 Å². The van der Waals surface area contributed by atoms with E-state index in [-0.39, 0.29) is 54.4 Å². The van der Waals surface area contributed by atoms with Crippen LogP contribution in [0.15, 0.2) is 0 Å². The monoisotopic (exact) mass is 139 g/mol. The first kappa shape index (κ1) is 25.7. The van der Waals surface area contributed by atoms with Gasteiger partial charge in [0, 0.05) is 29.6 Å². The Labute approximate surface area is 73.4 Å². The summed E-state index contributed by atoms with van der Waals surface area (Å²) in [5.74, 6) is 0. The van der Waals surface area contributed by atoms with Crippen LogP contribution >= 0.6 is 0 Å². The molecular weight excluding hydrogens is 132 g/mol. The molecule has 0 aliphatic rings. The number of nitrogens with two attached hydrogens (primary N) is 1. The second-order valence-corrected chi connectivity index (χ2v) is 0.577. The molecule has 0 aromatic heterocycles. The average Bonchev–Trinajstić information content (AvgIpc) is 0.918. The molecule has 6 heavy (non-hydrogen) atoms. The van der Waals surface area contributed by atoms with E-state index in [1.165, 1.54) is 0 Å². The van der Waals surface area contributed by atoms with E-state index in [0.717, 1.165) is 0 Å². The standard InChI is InChI=1S/C2H7N.2ClH.Na/c1-3-2;;;/h3H,1-2H3;2*1H;/p-1. The van der Waals surface area contributed by atoms with Gasteiger partial charge < -0.3 is 30.1 Å². The van der Waals surface area contributed by atoms with Crippen molar-refractivity contribution in [3.05, 3.63) is 0 Å². The van der Waals surface area contributed by atoms with Gasteiger partial charge in [-0.1, -0.05) is 0 Å². The zero-order chi connectivity index (χ0) is 2.71. The summed E-state index contributed by atoms with van der Waals surface area (Å²) in [5, 5.41) is 2.00. The maximum absolute atomic E-state index is 2.00. The Morgan fingerprint density at radius 2 is 1.00 bits per heavy atom. The van der Waals surface area contributed by atoms with E-state index in [9.17, 15) is 0 Å². The SMILES string of the molecule is C[NH2+]C.[Cl-].[Cl-].[Na]. The first-order chi connectivity index (χ1) is 1.41. The average molecular weight is 140 g/mol. The molecule has 37 valence electrons. The van der Waals surface area contributed by atoms with Gasteiger partial charge in [0.15, 0.2) is 0 Å². The molecular formula is C2H8Cl2NNa-. The van der Waals surface area contributed by atoms with Gasteiger partial charge in [-0.25, -0.2) is 0 Å². The smallest absolute Gasteiger partial charge is 0.0647 e. The largest absolute Gasteiger partial charge is 1.00 e. The van der Waals surface area contributed by atoms with Gasteiger partial charge in [-0.2, -0.15) is 0 Å². The van der Waals surface area contributed by atoms with Gasteiger partial charge in [-0.3, -0.25) is 0 Å². The third-order valence-electron chi connectivity index (χ3n) is 0. The maximum atomic E-state index is 2.00. The molecule has 2 N–H and O–H groups in total. The Morgan fingerprint density at radius 3 is 1.00 bits per heavy atom. The molecule has 0 bridgehead atoms. The molecule has 4 heteroatoms. The molecule has 0 amide bonds. The molecule has 0 heterocycles. The van der Waals surface area contributed by atoms with Crippen LogP contribution < -0.4 is 30.1 Å². The number of quaternary nitrogens is 1. The van der Waals surface area contributed by atoms with Gasteiger partial charge in [0.1, 0.15) is 0 Å². The van der Waals surface area contributed by atoms with Crippen LogP contribution in [-0.4, -0.2) is 43.7 Å². The fraction of sp³-hybridized carbons (Fsp3) is 1.00. The Kier molecular flexibility index (Phi) is 133. The van der Waals surface area contributed by atoms with Crippen LogP contribution in [0.1, 0.15) is 0 Å². The Bertz CT molecular complexity index is 11.5. The van der Waals surface area contributed by atoms with Gasteiger partial charge >= 0.3 is 0 Å². The van der Waals surface area contributed by atoms with E-state index < -0.39 is 0 Å². The third kappa shape index (κ3) is 48.1. The van der Waals surface area contributed by atoms with Crippen molar-refractivity contribution in [2.75, 3.05) is 14.1 Å². The number of hydrogen-bond acceptors (Lipinski definition) is 0. The van der Waals surface area contributed by atoms with Crippen LogP contribution in [-0.2, 0) is 0 Å². The third-order valence-corrected chi connectivity index (χ3v) is 0. The first-order valence-corrected chi connectivity index (χ1v) is 1.15. The van der Waals surface area contributed by atoms with Crippen LogP contribution in [0.2, 0.25) is 0 Å². The van der Waals surface area contributed by atoms with Gasteiger partial charge in [-0.05, 0) is 0 Å². The molecule has 0 spiro atoms. The van der Waals surface area contributed by atoms with Crippen LogP contribution in [0, 0.1) is 0 Å². The number of halogens is 2. The molecule has 0 saturated heterocycles. The van der Waals surface area contributed by atoms with Crippen molar-refractivity contribution in [2.45, 2.75) is 0 Å². The minimum atomic E-state index is 0. The first-order valence-electron chi connectivity index (χ1n) is 1.15. The van der Waals surface area contributed by atoms with Crippen molar-refractivity contribution in [2.24, 2.45) is 0 Å². The van der Waals surface area contributed by atoms with Crippen molar-refractivity contribution in [3.8, 4) is 0 Å². The van der Waals surface area contributed by atoms with E-state index in [0.29, 0.717) is 0 Å². The molecule has 0 fully saturated rings. The summed E-state index contributed by atoms with van der Waals surface area (Å²) < 4.78 is 0. The molecule has 0 aliphatic carbocycles. The normalized spacial score (nSPS) is 3.00. The van der Waals surface area contributed by atoms with Crippen LogP contribution in [0.3, 0.4) is 0 Å². The number of hydrogen-bond donors (Lipinski definition) is 1. The molecule has 0 aromatic rings. The topological polar surface area (TPSA) is 16.6 Å². The van der Waals surface area contributed by atoms with Crippen molar-refractivity contribution >= 4 is 29.6 Å². The van der Waals surface area contributed by atoms with Crippen LogP contribution in [0.4, 0.5) is 0 Å². The zero-order valence-corrected chi connectivity index (χ0v) is 7.85. The Hall–Kier alpha value is 1.54. The predicted octanol–water partition coefficient (Wildman–Crippen LogP) is -7.56. The van der Waals surface area contributed by atoms with Crippen molar-refractivity contribution in [1.29, 1.82) is 0 Å². The summed E-state index contributed by atoms with van der Waals surface area (Å²) in [6.07, 6.45) is 0. The summed E-state index contributed by atoms with van der Waals surface area (Å²) in [4.78, 5) is 0. The van der Waals surface area contributed by atoms with Crippen molar-refractivity contribution in [3.63, 3.8) is 0 Å². The molecule has 0 aliphatic heterocycles. The molecule has 0 saturated carbocycles. The van der Waals surface area contributed by atoms with E-state index in [1.54, 1.807) is 0 Å². The van der Waals surface area contributed by atoms with Crippen molar-refractivity contribution in [1.82, 2.24) is 0 Å². The fourth-order valence-electron chi connectivity index (χ4n) is 0. The summed E-state index contributed by atoms with van der Waals surface area (Å²) in [6, 6.07) is 0. The van der Waals surface area contributed by atoms with E-state index in [2.05, 4.69) is 0 Å². The maximum Gasteiger partial charge on any atom is 0.0647 e. The molecule has 1 nitrogen and oxygen atoms in total. The van der Waals surface area contributed by atoms with Gasteiger partial charge in [0.05, 0.1) is 14.1 Å². The zero-order valence-electron chi connectivity index (χ0n) is 4.33. The van der Waals surface area contributed by atoms with Gasteiger partial charge in [0.2, 0.25) is 0 Å². The molecule has 0 rings (SSSR count). The minimum Gasteiger partial charge on any atom is -1.00 e. The molecule has 0 aromatic carbocycles. The van der Waals surface area contributed by atoms with E-state index in [1.807, 2.05) is 19.4 Å². The second kappa shape index (κ2) is 31.1. The number of rotatable bonds is 0. The van der Waals surface area contributed by atoms with E-state index in [4.69, 9.17) is 0 Å². The fourth-order valence-corrected chi connectivity index (χ4v) is 0. The summed E-state index contributed by atoms with van der Waals surface area (Å²) in [5.41, 5.74) is 0. The summed E-state index contributed by atoms with van der Waals surface area (Å²) in [7, 11) is 4.00. The predicted molar refractivity (Wildman–Crippen MR) is 19.5 cm³/mol. The van der Waals surface area contributed by atoms with Crippen LogP contribution in [0.5, 0.6) is 0 Å². The van der Waals surface area contributed by atoms with Gasteiger partial charge in [-0.15, -0.1) is 0 Å². The molecule has 0 atom stereocenters. The quantitative estimate of drug-likeness (QED) is 0.322. The second-order valence-electron chi connectivity index (χ2n) is 0.577. The van der Waals surface area contributed by atoms with Crippen molar-refractivity contribution < 1.29 is 30.1 Å². The molecule has 1 radical (unpaired) electrons. The van der Waals surface area contributed by atoms with E-state index >= 15 is 0 Å². The summed E-state index contributed by atoms with van der Waals surface area (Å²) >= 11 is 0. The summed E-state index contributed by atoms with van der Waals surface area (Å²) in [6.45, 7) is 0. The minimum absolute atomic E-state index is 0. The molecule has 0 unspecified atom stereocenters. The van der Waals surface area contributed by atoms with Gasteiger partial charge in [0.25, 0.3) is 0 Å².